The van der Waals surface area contributed by atoms with Crippen LogP contribution >= 0.6 is 0 Å². The van der Waals surface area contributed by atoms with E-state index in [-0.39, 0.29) is 22.9 Å². The maximum Gasteiger partial charge on any atom is 0.306 e. The van der Waals surface area contributed by atoms with Gasteiger partial charge in [-0.2, -0.15) is 0 Å². The molecule has 0 bridgehead atoms. The van der Waals surface area contributed by atoms with Crippen LogP contribution < -0.4 is 0 Å². The second kappa shape index (κ2) is 16.7. The lowest BCUT2D eigenvalue weighted by Crippen LogP contribution is -2.50. The van der Waals surface area contributed by atoms with Crippen LogP contribution in [0, 0.1) is 28.6 Å². The fourth-order valence-electron chi connectivity index (χ4n) is 9.63. The predicted octanol–water partition coefficient (Wildman–Crippen LogP) is 12.5. The van der Waals surface area contributed by atoms with Crippen molar-refractivity contribution in [1.29, 1.82) is 0 Å². The van der Waals surface area contributed by atoms with Crippen molar-refractivity contribution in [3.8, 4) is 0 Å². The molecule has 0 radical (unpaired) electrons. The molecule has 0 aromatic carbocycles. The molecule has 0 spiro atoms. The number of fused-ring (bicyclic) bond motifs is 5. The highest BCUT2D eigenvalue weighted by Crippen LogP contribution is 2.65. The van der Waals surface area contributed by atoms with Crippen molar-refractivity contribution in [1.82, 2.24) is 0 Å². The third-order valence-electron chi connectivity index (χ3n) is 12.3. The summed E-state index contributed by atoms with van der Waals surface area (Å²) in [7, 11) is -1.60. The maximum atomic E-state index is 12.7. The highest BCUT2D eigenvalue weighted by Gasteiger charge is 2.57. The molecule has 0 N–H and O–H groups in total. The average Bonchev–Trinajstić information content (AvgIpc) is 3.29. The summed E-state index contributed by atoms with van der Waals surface area (Å²) in [6, 6.07) is 0. The topological polar surface area (TPSA) is 35.5 Å². The fraction of sp³-hybridized carbons (Fsp3) is 0.875. The number of carbonyl (C=O) groups is 1. The molecule has 4 rings (SSSR count). The zero-order valence-electron chi connectivity index (χ0n) is 30.0. The Hall–Kier alpha value is -1.03. The molecule has 0 aromatic heterocycles. The van der Waals surface area contributed by atoms with Crippen molar-refractivity contribution in [2.45, 2.75) is 194 Å². The fourth-order valence-corrected chi connectivity index (χ4v) is 10.6. The van der Waals surface area contributed by atoms with Gasteiger partial charge in [0.15, 0.2) is 0 Å². The second-order valence-electron chi connectivity index (χ2n) is 16.8. The first kappa shape index (κ1) is 35.8. The number of rotatable bonds is 19. The first-order valence-electron chi connectivity index (χ1n) is 19.4. The van der Waals surface area contributed by atoms with Gasteiger partial charge in [-0.25, -0.2) is 0 Å². The van der Waals surface area contributed by atoms with Gasteiger partial charge in [-0.1, -0.05) is 122 Å². The van der Waals surface area contributed by atoms with Crippen LogP contribution in [0.25, 0.3) is 0 Å². The van der Waals surface area contributed by atoms with Gasteiger partial charge in [0.1, 0.15) is 6.10 Å². The SMILES string of the molecule is CCCCCCCCCCCCCCCCCC(=O)O[C@@H]1CC[C@@]2(C)C(=CC[C@@H]3[C@@H]2CC[C@]2(C)C(O[Si](C)(C)C)=CC[C@@H]32)C1. The molecule has 44 heavy (non-hydrogen) atoms. The van der Waals surface area contributed by atoms with Gasteiger partial charge in [0.05, 0.1) is 5.76 Å². The largest absolute Gasteiger partial charge is 0.547 e. The molecule has 4 aliphatic rings. The minimum Gasteiger partial charge on any atom is -0.547 e. The third-order valence-corrected chi connectivity index (χ3v) is 13.1. The summed E-state index contributed by atoms with van der Waals surface area (Å²) in [5.41, 5.74) is 2.11. The molecular formula is C40H70O3Si. The van der Waals surface area contributed by atoms with E-state index < -0.39 is 8.32 Å². The Labute approximate surface area is 273 Å². The van der Waals surface area contributed by atoms with Crippen molar-refractivity contribution < 1.29 is 14.0 Å². The Bertz CT molecular complexity index is 962. The lowest BCUT2D eigenvalue weighted by Gasteiger charge is -2.57. The standard InChI is InChI=1S/C40H70O3Si/c1-7-8-9-10-11-12-13-14-15-16-17-18-19-20-21-22-38(41)42-33-27-29-39(2)32(31-33)23-24-34-35-25-26-37(43-44(4,5)6)40(35,3)30-28-36(34)39/h23,26,33-36H,7-22,24-25,27-31H2,1-6H3/t33-,34+,35+,36+,39+,40+/m1/s1. The Morgan fingerprint density at radius 3 is 1.91 bits per heavy atom. The molecule has 2 saturated carbocycles. The Morgan fingerprint density at radius 1 is 0.750 bits per heavy atom. The lowest BCUT2D eigenvalue weighted by molar-refractivity contribution is -0.151. The summed E-state index contributed by atoms with van der Waals surface area (Å²) >= 11 is 0. The first-order chi connectivity index (χ1) is 21.1. The number of allylic oxidation sites excluding steroid dienone is 3. The van der Waals surface area contributed by atoms with E-state index in [1.807, 2.05) is 0 Å². The molecule has 0 saturated heterocycles. The average molecular weight is 627 g/mol. The normalized spacial score (nSPS) is 31.4. The van der Waals surface area contributed by atoms with E-state index >= 15 is 0 Å². The molecular weight excluding hydrogens is 557 g/mol. The first-order valence-corrected chi connectivity index (χ1v) is 22.8. The number of hydrogen-bond donors (Lipinski definition) is 0. The van der Waals surface area contributed by atoms with Crippen molar-refractivity contribution >= 4 is 14.3 Å². The molecule has 4 heteroatoms. The van der Waals surface area contributed by atoms with Gasteiger partial charge >= 0.3 is 5.97 Å². The van der Waals surface area contributed by atoms with E-state index in [1.165, 1.54) is 128 Å². The van der Waals surface area contributed by atoms with Gasteiger partial charge in [-0.3, -0.25) is 4.79 Å². The number of hydrogen-bond acceptors (Lipinski definition) is 3. The van der Waals surface area contributed by atoms with Crippen molar-refractivity contribution in [3.05, 3.63) is 23.5 Å². The highest BCUT2D eigenvalue weighted by atomic mass is 28.4. The molecule has 0 unspecified atom stereocenters. The van der Waals surface area contributed by atoms with Crippen molar-refractivity contribution in [2.75, 3.05) is 0 Å². The van der Waals surface area contributed by atoms with E-state index in [0.717, 1.165) is 31.1 Å². The van der Waals surface area contributed by atoms with E-state index in [2.05, 4.69) is 52.6 Å². The summed E-state index contributed by atoms with van der Waals surface area (Å²) in [5.74, 6) is 3.60. The number of ether oxygens (including phenoxy) is 1. The molecule has 6 atom stereocenters. The molecule has 4 aliphatic carbocycles. The number of unbranched alkanes of at least 4 members (excludes halogenated alkanes) is 14. The van der Waals surface area contributed by atoms with E-state index in [0.29, 0.717) is 12.3 Å². The quantitative estimate of drug-likeness (QED) is 0.0619. The zero-order chi connectivity index (χ0) is 31.6. The molecule has 3 nitrogen and oxygen atoms in total. The minimum absolute atomic E-state index is 0.0444. The lowest BCUT2D eigenvalue weighted by atomic mass is 9.48. The maximum absolute atomic E-state index is 12.7. The summed E-state index contributed by atoms with van der Waals surface area (Å²) in [4.78, 5) is 12.7. The smallest absolute Gasteiger partial charge is 0.306 e. The van der Waals surface area contributed by atoms with Crippen LogP contribution in [0.15, 0.2) is 23.5 Å². The monoisotopic (exact) mass is 627 g/mol. The van der Waals surface area contributed by atoms with Crippen LogP contribution in [-0.4, -0.2) is 20.4 Å². The van der Waals surface area contributed by atoms with Gasteiger partial charge in [-0.05, 0) is 93.8 Å². The van der Waals surface area contributed by atoms with Gasteiger partial charge in [0.2, 0.25) is 8.32 Å². The van der Waals surface area contributed by atoms with Crippen LogP contribution in [-0.2, 0) is 14.0 Å². The Balaban J connectivity index is 1.09. The minimum atomic E-state index is -1.60. The Morgan fingerprint density at radius 2 is 1.32 bits per heavy atom. The van der Waals surface area contributed by atoms with E-state index in [9.17, 15) is 4.79 Å². The number of carbonyl (C=O) groups excluding carboxylic acids is 1. The van der Waals surface area contributed by atoms with E-state index in [4.69, 9.17) is 9.16 Å². The predicted molar refractivity (Wildman–Crippen MR) is 189 cm³/mol. The van der Waals surface area contributed by atoms with Crippen molar-refractivity contribution in [3.63, 3.8) is 0 Å². The summed E-state index contributed by atoms with van der Waals surface area (Å²) < 4.78 is 12.7. The van der Waals surface area contributed by atoms with Crippen LogP contribution in [0.5, 0.6) is 0 Å². The molecule has 0 aliphatic heterocycles. The summed E-state index contributed by atoms with van der Waals surface area (Å²) in [6.07, 6.45) is 34.1. The van der Waals surface area contributed by atoms with Crippen LogP contribution in [0.3, 0.4) is 0 Å². The van der Waals surface area contributed by atoms with Crippen LogP contribution in [0.2, 0.25) is 19.6 Å². The van der Waals surface area contributed by atoms with E-state index in [1.54, 1.807) is 5.57 Å². The molecule has 0 aromatic rings. The second-order valence-corrected chi connectivity index (χ2v) is 21.2. The number of esters is 1. The Kier molecular flexibility index (Phi) is 13.6. The van der Waals surface area contributed by atoms with Crippen LogP contribution in [0.4, 0.5) is 0 Å². The molecule has 0 heterocycles. The van der Waals surface area contributed by atoms with Gasteiger partial charge in [0.25, 0.3) is 0 Å². The molecule has 0 amide bonds. The molecule has 2 fully saturated rings. The van der Waals surface area contributed by atoms with Gasteiger partial charge in [0, 0.05) is 18.3 Å². The highest BCUT2D eigenvalue weighted by molar-refractivity contribution is 6.70. The van der Waals surface area contributed by atoms with Crippen LogP contribution in [0.1, 0.15) is 168 Å². The summed E-state index contributed by atoms with van der Waals surface area (Å²) in [5, 5.41) is 0. The van der Waals surface area contributed by atoms with Gasteiger partial charge in [-0.15, -0.1) is 0 Å². The summed E-state index contributed by atoms with van der Waals surface area (Å²) in [6.45, 7) is 14.3. The third kappa shape index (κ3) is 9.51. The zero-order valence-corrected chi connectivity index (χ0v) is 31.0. The van der Waals surface area contributed by atoms with Gasteiger partial charge < -0.3 is 9.16 Å². The molecule has 252 valence electrons. The van der Waals surface area contributed by atoms with Crippen molar-refractivity contribution in [2.24, 2.45) is 28.6 Å².